The third-order valence-corrected chi connectivity index (χ3v) is 3.60. The topological polar surface area (TPSA) is 15.3 Å². The largest absolute Gasteiger partial charge is 0.384 e. The summed E-state index contributed by atoms with van der Waals surface area (Å²) < 4.78 is 0. The Morgan fingerprint density at radius 1 is 1.05 bits per heavy atom. The molecule has 0 saturated carbocycles. The minimum absolute atomic E-state index is 0.312. The van der Waals surface area contributed by atoms with Gasteiger partial charge in [-0.3, -0.25) is 0 Å². The van der Waals surface area contributed by atoms with Gasteiger partial charge in [0, 0.05) is 36.6 Å². The van der Waals surface area contributed by atoms with E-state index in [1.165, 1.54) is 23.4 Å². The standard InChI is InChI=1S/C18H30N2/c1-17(2,3)12-19-15-8-7-9-16-14(15)10-11-20(16)13-18(4,5)6/h7-9,19H,10-13H2,1-6H3. The van der Waals surface area contributed by atoms with Crippen molar-refractivity contribution in [2.45, 2.75) is 48.0 Å². The van der Waals surface area contributed by atoms with Crippen molar-refractivity contribution >= 4 is 11.4 Å². The van der Waals surface area contributed by atoms with Gasteiger partial charge in [0.15, 0.2) is 0 Å². The number of hydrogen-bond acceptors (Lipinski definition) is 2. The third-order valence-electron chi connectivity index (χ3n) is 3.60. The molecule has 0 unspecified atom stereocenters. The number of rotatable bonds is 3. The first-order valence-corrected chi connectivity index (χ1v) is 7.76. The van der Waals surface area contributed by atoms with Gasteiger partial charge in [-0.2, -0.15) is 0 Å². The molecule has 0 atom stereocenters. The van der Waals surface area contributed by atoms with E-state index in [9.17, 15) is 0 Å². The average Bonchev–Trinajstić information content (AvgIpc) is 2.67. The van der Waals surface area contributed by atoms with E-state index in [2.05, 4.69) is 70.0 Å². The summed E-state index contributed by atoms with van der Waals surface area (Å²) in [6, 6.07) is 6.69. The van der Waals surface area contributed by atoms with Gasteiger partial charge >= 0.3 is 0 Å². The van der Waals surface area contributed by atoms with Crippen molar-refractivity contribution in [2.24, 2.45) is 10.8 Å². The minimum Gasteiger partial charge on any atom is -0.384 e. The van der Waals surface area contributed by atoms with Crippen molar-refractivity contribution in [1.82, 2.24) is 0 Å². The predicted octanol–water partition coefficient (Wildman–Crippen LogP) is 4.55. The molecule has 2 rings (SSSR count). The zero-order chi connectivity index (χ0) is 15.0. The molecule has 0 spiro atoms. The van der Waals surface area contributed by atoms with Crippen LogP contribution >= 0.6 is 0 Å². The van der Waals surface area contributed by atoms with E-state index in [1.807, 2.05) is 0 Å². The van der Waals surface area contributed by atoms with E-state index in [-0.39, 0.29) is 0 Å². The Morgan fingerprint density at radius 2 is 1.75 bits per heavy atom. The maximum Gasteiger partial charge on any atom is 0.0420 e. The lowest BCUT2D eigenvalue weighted by atomic mass is 9.96. The third kappa shape index (κ3) is 3.91. The van der Waals surface area contributed by atoms with E-state index in [1.54, 1.807) is 0 Å². The molecule has 1 N–H and O–H groups in total. The molecule has 0 radical (unpaired) electrons. The number of nitrogens with one attached hydrogen (secondary N) is 1. The zero-order valence-corrected chi connectivity index (χ0v) is 14.0. The van der Waals surface area contributed by atoms with Gasteiger partial charge < -0.3 is 10.2 Å². The first-order valence-electron chi connectivity index (χ1n) is 7.76. The SMILES string of the molecule is CC(C)(C)CNc1cccc2c1CCN2CC(C)(C)C. The molecule has 20 heavy (non-hydrogen) atoms. The average molecular weight is 274 g/mol. The molecule has 0 aliphatic carbocycles. The summed E-state index contributed by atoms with van der Waals surface area (Å²) in [5.74, 6) is 0. The van der Waals surface area contributed by atoms with Crippen LogP contribution in [0.1, 0.15) is 47.1 Å². The van der Waals surface area contributed by atoms with E-state index in [0.29, 0.717) is 10.8 Å². The second-order valence-corrected chi connectivity index (χ2v) is 8.45. The van der Waals surface area contributed by atoms with Crippen molar-refractivity contribution in [3.63, 3.8) is 0 Å². The molecule has 2 nitrogen and oxygen atoms in total. The zero-order valence-electron chi connectivity index (χ0n) is 14.0. The summed E-state index contributed by atoms with van der Waals surface area (Å²) >= 11 is 0. The summed E-state index contributed by atoms with van der Waals surface area (Å²) in [6.45, 7) is 17.1. The number of anilines is 2. The summed E-state index contributed by atoms with van der Waals surface area (Å²) in [7, 11) is 0. The first-order chi connectivity index (χ1) is 9.16. The molecule has 112 valence electrons. The van der Waals surface area contributed by atoms with Crippen LogP contribution in [-0.2, 0) is 6.42 Å². The molecule has 2 heteroatoms. The molecular formula is C18H30N2. The first kappa shape index (κ1) is 15.2. The van der Waals surface area contributed by atoms with Crippen molar-refractivity contribution in [3.05, 3.63) is 23.8 Å². The highest BCUT2D eigenvalue weighted by Gasteiger charge is 2.25. The summed E-state index contributed by atoms with van der Waals surface area (Å²) in [6.07, 6.45) is 1.17. The van der Waals surface area contributed by atoms with Crippen molar-refractivity contribution in [1.29, 1.82) is 0 Å². The Bertz CT molecular complexity index is 463. The summed E-state index contributed by atoms with van der Waals surface area (Å²) in [5, 5.41) is 3.64. The molecule has 1 aliphatic rings. The Morgan fingerprint density at radius 3 is 2.35 bits per heavy atom. The molecule has 0 bridgehead atoms. The maximum absolute atomic E-state index is 3.64. The Balaban J connectivity index is 2.16. The van der Waals surface area contributed by atoms with Crippen molar-refractivity contribution in [3.8, 4) is 0 Å². The lowest BCUT2D eigenvalue weighted by Gasteiger charge is -2.28. The summed E-state index contributed by atoms with van der Waals surface area (Å²) in [5.41, 5.74) is 4.91. The van der Waals surface area contributed by atoms with Crippen LogP contribution in [0.3, 0.4) is 0 Å². The second kappa shape index (κ2) is 5.31. The number of fused-ring (bicyclic) bond motifs is 1. The van der Waals surface area contributed by atoms with Crippen molar-refractivity contribution < 1.29 is 0 Å². The van der Waals surface area contributed by atoms with Crippen LogP contribution in [0.15, 0.2) is 18.2 Å². The fraction of sp³-hybridized carbons (Fsp3) is 0.667. The van der Waals surface area contributed by atoms with Gasteiger partial charge in [0.2, 0.25) is 0 Å². The molecule has 0 fully saturated rings. The molecule has 1 aliphatic heterocycles. The highest BCUT2D eigenvalue weighted by atomic mass is 15.2. The van der Waals surface area contributed by atoms with Crippen LogP contribution in [0.5, 0.6) is 0 Å². The predicted molar refractivity (Wildman–Crippen MR) is 89.8 cm³/mol. The fourth-order valence-electron chi connectivity index (χ4n) is 2.76. The van der Waals surface area contributed by atoms with Crippen LogP contribution < -0.4 is 10.2 Å². The van der Waals surface area contributed by atoms with Gasteiger partial charge in [0.1, 0.15) is 0 Å². The van der Waals surface area contributed by atoms with Gasteiger partial charge in [-0.15, -0.1) is 0 Å². The quantitative estimate of drug-likeness (QED) is 0.869. The van der Waals surface area contributed by atoms with Crippen LogP contribution in [0, 0.1) is 10.8 Å². The Labute approximate surface area is 124 Å². The van der Waals surface area contributed by atoms with Crippen LogP contribution in [0.25, 0.3) is 0 Å². The number of benzene rings is 1. The molecule has 0 aromatic heterocycles. The second-order valence-electron chi connectivity index (χ2n) is 8.45. The number of nitrogens with zero attached hydrogens (tertiary/aromatic N) is 1. The molecule has 1 heterocycles. The van der Waals surface area contributed by atoms with E-state index >= 15 is 0 Å². The molecule has 0 amide bonds. The summed E-state index contributed by atoms with van der Waals surface area (Å²) in [4.78, 5) is 2.54. The maximum atomic E-state index is 3.64. The smallest absolute Gasteiger partial charge is 0.0420 e. The Hall–Kier alpha value is -1.18. The van der Waals surface area contributed by atoms with Gasteiger partial charge in [0.05, 0.1) is 0 Å². The van der Waals surface area contributed by atoms with Gasteiger partial charge in [-0.1, -0.05) is 47.6 Å². The van der Waals surface area contributed by atoms with Gasteiger partial charge in [-0.25, -0.2) is 0 Å². The molecule has 1 aromatic rings. The van der Waals surface area contributed by atoms with Gasteiger partial charge in [0.25, 0.3) is 0 Å². The molecule has 1 aromatic carbocycles. The molecular weight excluding hydrogens is 244 g/mol. The lowest BCUT2D eigenvalue weighted by Crippen LogP contribution is -2.31. The van der Waals surface area contributed by atoms with E-state index < -0.39 is 0 Å². The van der Waals surface area contributed by atoms with E-state index in [4.69, 9.17) is 0 Å². The normalized spacial score (nSPS) is 15.4. The molecule has 0 saturated heterocycles. The van der Waals surface area contributed by atoms with E-state index in [0.717, 1.165) is 19.6 Å². The van der Waals surface area contributed by atoms with Crippen LogP contribution in [-0.4, -0.2) is 19.6 Å². The monoisotopic (exact) mass is 274 g/mol. The highest BCUT2D eigenvalue weighted by molar-refractivity contribution is 5.70. The minimum atomic E-state index is 0.312. The Kier molecular flexibility index (Phi) is 4.04. The highest BCUT2D eigenvalue weighted by Crippen LogP contribution is 2.35. The van der Waals surface area contributed by atoms with Crippen LogP contribution in [0.2, 0.25) is 0 Å². The fourth-order valence-corrected chi connectivity index (χ4v) is 2.76. The van der Waals surface area contributed by atoms with Gasteiger partial charge in [-0.05, 0) is 29.4 Å². The van der Waals surface area contributed by atoms with Crippen LogP contribution in [0.4, 0.5) is 11.4 Å². The number of hydrogen-bond donors (Lipinski definition) is 1. The lowest BCUT2D eigenvalue weighted by molar-refractivity contribution is 0.414. The van der Waals surface area contributed by atoms with Crippen molar-refractivity contribution in [2.75, 3.05) is 29.9 Å².